The zero-order valence-corrected chi connectivity index (χ0v) is 9.98. The second-order valence-electron chi connectivity index (χ2n) is 3.48. The molecule has 0 saturated carbocycles. The summed E-state index contributed by atoms with van der Waals surface area (Å²) in [5.41, 5.74) is 5.21. The predicted molar refractivity (Wildman–Crippen MR) is 67.3 cm³/mol. The van der Waals surface area contributed by atoms with Gasteiger partial charge in [-0.25, -0.2) is 0 Å². The Balaban J connectivity index is 0.000000281. The second kappa shape index (κ2) is 8.55. The maximum Gasteiger partial charge on any atom is 0.0856 e. The van der Waals surface area contributed by atoms with E-state index in [1.54, 1.807) is 0 Å². The Hall–Kier alpha value is -0.590. The summed E-state index contributed by atoms with van der Waals surface area (Å²) in [4.78, 5) is 0. The van der Waals surface area contributed by atoms with Crippen molar-refractivity contribution in [3.05, 3.63) is 35.9 Å². The van der Waals surface area contributed by atoms with Gasteiger partial charge in [-0.3, -0.25) is 0 Å². The van der Waals surface area contributed by atoms with Crippen molar-refractivity contribution >= 4 is 12.6 Å². The van der Waals surface area contributed by atoms with E-state index in [0.717, 1.165) is 5.75 Å². The van der Waals surface area contributed by atoms with Crippen molar-refractivity contribution < 1.29 is 15.3 Å². The van der Waals surface area contributed by atoms with E-state index in [1.807, 2.05) is 18.2 Å². The van der Waals surface area contributed by atoms with Gasteiger partial charge in [0, 0.05) is 5.75 Å². The maximum atomic E-state index is 8.34. The van der Waals surface area contributed by atoms with Crippen LogP contribution in [0.5, 0.6) is 0 Å². The highest BCUT2D eigenvalue weighted by atomic mass is 32.1. The lowest BCUT2D eigenvalue weighted by molar-refractivity contribution is 0.0698. The van der Waals surface area contributed by atoms with Crippen LogP contribution in [-0.2, 0) is 5.75 Å². The average Bonchev–Trinajstić information content (AvgIpc) is 2.39. The first-order valence-corrected chi connectivity index (χ1v) is 5.51. The molecule has 4 nitrogen and oxygen atoms in total. The van der Waals surface area contributed by atoms with Crippen LogP contribution in [-0.4, -0.2) is 40.7 Å². The lowest BCUT2D eigenvalue weighted by atomic mass is 10.1. The highest BCUT2D eigenvalue weighted by molar-refractivity contribution is 7.79. The third-order valence-corrected chi connectivity index (χ3v) is 2.34. The van der Waals surface area contributed by atoms with E-state index in [-0.39, 0.29) is 0 Å². The van der Waals surface area contributed by atoms with Gasteiger partial charge in [-0.05, 0) is 5.56 Å². The van der Waals surface area contributed by atoms with Gasteiger partial charge >= 0.3 is 0 Å². The summed E-state index contributed by atoms with van der Waals surface area (Å²) < 4.78 is 0. The van der Waals surface area contributed by atoms with Crippen LogP contribution in [0.25, 0.3) is 0 Å². The van der Waals surface area contributed by atoms with Crippen LogP contribution < -0.4 is 5.73 Å². The van der Waals surface area contributed by atoms with E-state index in [2.05, 4.69) is 24.8 Å². The van der Waals surface area contributed by atoms with E-state index in [1.165, 1.54) is 5.56 Å². The minimum absolute atomic E-state index is 0.403. The first-order chi connectivity index (χ1) is 7.61. The molecule has 0 saturated heterocycles. The fourth-order valence-corrected chi connectivity index (χ4v) is 0.944. The number of aliphatic hydroxyl groups excluding tert-OH is 3. The first-order valence-electron chi connectivity index (χ1n) is 4.88. The van der Waals surface area contributed by atoms with Crippen molar-refractivity contribution in [2.24, 2.45) is 5.73 Å². The maximum absolute atomic E-state index is 8.34. The molecule has 0 heterocycles. The molecule has 5 heteroatoms. The van der Waals surface area contributed by atoms with Gasteiger partial charge in [0.05, 0.1) is 25.4 Å². The molecular weight excluding hydrogens is 226 g/mol. The molecule has 0 atom stereocenters. The summed E-state index contributed by atoms with van der Waals surface area (Å²) >= 11 is 4.11. The molecule has 0 aromatic heterocycles. The molecule has 1 rings (SSSR count). The average molecular weight is 245 g/mol. The van der Waals surface area contributed by atoms with Crippen molar-refractivity contribution in [1.82, 2.24) is 0 Å². The van der Waals surface area contributed by atoms with Crippen LogP contribution in [0.2, 0.25) is 0 Å². The van der Waals surface area contributed by atoms with Gasteiger partial charge < -0.3 is 21.1 Å². The third kappa shape index (κ3) is 6.09. The lowest BCUT2D eigenvalue weighted by Crippen LogP contribution is -2.50. The number of rotatable bonds is 4. The number of hydrogen-bond donors (Lipinski definition) is 5. The molecule has 5 N–H and O–H groups in total. The number of thiol groups is 1. The van der Waals surface area contributed by atoms with Gasteiger partial charge in [-0.1, -0.05) is 30.3 Å². The summed E-state index contributed by atoms with van der Waals surface area (Å²) in [6, 6.07) is 10.2. The SMILES string of the molecule is NC(CO)(CO)CO.SCc1ccccc1. The molecule has 0 radical (unpaired) electrons. The molecule has 0 aliphatic rings. The normalized spacial score (nSPS) is 10.6. The zero-order valence-electron chi connectivity index (χ0n) is 9.08. The Morgan fingerprint density at radius 1 is 1.00 bits per heavy atom. The van der Waals surface area contributed by atoms with E-state index in [0.29, 0.717) is 0 Å². The summed E-state index contributed by atoms with van der Waals surface area (Å²) in [6.07, 6.45) is 0. The highest BCUT2D eigenvalue weighted by Gasteiger charge is 2.20. The third-order valence-electron chi connectivity index (χ3n) is 1.97. The predicted octanol–water partition coefficient (Wildman–Crippen LogP) is -0.223. The Labute approximate surface area is 101 Å². The largest absolute Gasteiger partial charge is 0.394 e. The molecular formula is C11H19NO3S. The summed E-state index contributed by atoms with van der Waals surface area (Å²) in [7, 11) is 0. The van der Waals surface area contributed by atoms with Crippen molar-refractivity contribution in [2.75, 3.05) is 19.8 Å². The van der Waals surface area contributed by atoms with Crippen molar-refractivity contribution in [1.29, 1.82) is 0 Å². The molecule has 0 aliphatic carbocycles. The molecule has 0 bridgehead atoms. The zero-order chi connectivity index (χ0) is 12.4. The van der Waals surface area contributed by atoms with E-state index >= 15 is 0 Å². The minimum Gasteiger partial charge on any atom is -0.394 e. The van der Waals surface area contributed by atoms with Gasteiger partial charge in [0.25, 0.3) is 0 Å². The molecule has 92 valence electrons. The van der Waals surface area contributed by atoms with Crippen LogP contribution in [0.1, 0.15) is 5.56 Å². The minimum atomic E-state index is -1.21. The van der Waals surface area contributed by atoms with E-state index < -0.39 is 25.4 Å². The topological polar surface area (TPSA) is 86.7 Å². The van der Waals surface area contributed by atoms with Gasteiger partial charge in [0.15, 0.2) is 0 Å². The summed E-state index contributed by atoms with van der Waals surface area (Å²) in [5.74, 6) is 0.834. The molecule has 0 spiro atoms. The van der Waals surface area contributed by atoms with Crippen LogP contribution in [0.15, 0.2) is 30.3 Å². The Kier molecular flexibility index (Phi) is 8.23. The first kappa shape index (κ1) is 15.4. The number of benzene rings is 1. The highest BCUT2D eigenvalue weighted by Crippen LogP contribution is 2.00. The lowest BCUT2D eigenvalue weighted by Gasteiger charge is -2.20. The molecule has 1 aromatic carbocycles. The van der Waals surface area contributed by atoms with Crippen LogP contribution in [0, 0.1) is 0 Å². The molecule has 0 fully saturated rings. The number of nitrogens with two attached hydrogens (primary N) is 1. The molecule has 0 amide bonds. The Bertz CT molecular complexity index is 257. The van der Waals surface area contributed by atoms with Crippen LogP contribution >= 0.6 is 12.6 Å². The molecule has 0 unspecified atom stereocenters. The van der Waals surface area contributed by atoms with Gasteiger partial charge in [-0.15, -0.1) is 0 Å². The van der Waals surface area contributed by atoms with Crippen LogP contribution in [0.3, 0.4) is 0 Å². The summed E-state index contributed by atoms with van der Waals surface area (Å²) in [6.45, 7) is -1.21. The monoisotopic (exact) mass is 245 g/mol. The van der Waals surface area contributed by atoms with Crippen molar-refractivity contribution in [3.8, 4) is 0 Å². The van der Waals surface area contributed by atoms with Gasteiger partial charge in [-0.2, -0.15) is 12.6 Å². The van der Waals surface area contributed by atoms with Crippen LogP contribution in [0.4, 0.5) is 0 Å². The van der Waals surface area contributed by atoms with Gasteiger partial charge in [0.2, 0.25) is 0 Å². The smallest absolute Gasteiger partial charge is 0.0856 e. The molecule has 0 aliphatic heterocycles. The fraction of sp³-hybridized carbons (Fsp3) is 0.455. The van der Waals surface area contributed by atoms with Crippen molar-refractivity contribution in [3.63, 3.8) is 0 Å². The Morgan fingerprint density at radius 3 is 1.62 bits per heavy atom. The standard InChI is InChI=1S/C7H8S.C4H11NO3/c8-6-7-4-2-1-3-5-7;5-4(1-6,2-7)3-8/h1-5,8H,6H2;6-8H,1-3,5H2. The fourth-order valence-electron chi connectivity index (χ4n) is 0.733. The quantitative estimate of drug-likeness (QED) is 0.475. The van der Waals surface area contributed by atoms with E-state index in [9.17, 15) is 0 Å². The van der Waals surface area contributed by atoms with Gasteiger partial charge in [0.1, 0.15) is 0 Å². The second-order valence-corrected chi connectivity index (χ2v) is 3.80. The number of hydrogen-bond acceptors (Lipinski definition) is 5. The molecule has 1 aromatic rings. The Morgan fingerprint density at radius 2 is 1.44 bits per heavy atom. The summed E-state index contributed by atoms with van der Waals surface area (Å²) in [5, 5.41) is 25.0. The number of aliphatic hydroxyl groups is 3. The van der Waals surface area contributed by atoms with E-state index in [4.69, 9.17) is 21.1 Å². The van der Waals surface area contributed by atoms with Crippen molar-refractivity contribution in [2.45, 2.75) is 11.3 Å². The molecule has 16 heavy (non-hydrogen) atoms.